The maximum Gasteiger partial charge on any atom is 0.244 e. The molecule has 2 rings (SSSR count). The van der Waals surface area contributed by atoms with E-state index in [9.17, 15) is 0 Å². The molecule has 1 aromatic heterocycles. The molecule has 1 heterocycles. The molecule has 0 aliphatic heterocycles. The lowest BCUT2D eigenvalue weighted by atomic mass is 10.4. The summed E-state index contributed by atoms with van der Waals surface area (Å²) < 4.78 is 0. The highest BCUT2D eigenvalue weighted by Gasteiger charge is 2.11. The van der Waals surface area contributed by atoms with E-state index < -0.39 is 0 Å². The van der Waals surface area contributed by atoms with Crippen molar-refractivity contribution in [2.75, 3.05) is 0 Å². The van der Waals surface area contributed by atoms with Crippen molar-refractivity contribution in [3.63, 3.8) is 0 Å². The third-order valence-electron chi connectivity index (χ3n) is 1.69. The second-order valence-corrected chi connectivity index (χ2v) is 5.42. The standard InChI is InChI=1S/C9H3Cl4N3S/c10-4-1-2-5(11)6(3-4)17-8-7(12)15-16-9(13)14-8/h1-3H. The van der Waals surface area contributed by atoms with Crippen molar-refractivity contribution >= 4 is 58.2 Å². The first-order valence-electron chi connectivity index (χ1n) is 4.25. The molecule has 0 radical (unpaired) electrons. The van der Waals surface area contributed by atoms with Gasteiger partial charge in [-0.3, -0.25) is 0 Å². The lowest BCUT2D eigenvalue weighted by Gasteiger charge is -2.04. The molecule has 0 aliphatic rings. The van der Waals surface area contributed by atoms with Crippen LogP contribution in [0.2, 0.25) is 20.5 Å². The van der Waals surface area contributed by atoms with Crippen LogP contribution in [0.3, 0.4) is 0 Å². The Kier molecular flexibility index (Phi) is 4.33. The number of nitrogens with zero attached hydrogens (tertiary/aromatic N) is 3. The first-order chi connectivity index (χ1) is 8.06. The Morgan fingerprint density at radius 2 is 1.76 bits per heavy atom. The number of rotatable bonds is 2. The van der Waals surface area contributed by atoms with Gasteiger partial charge in [-0.25, -0.2) is 4.98 Å². The van der Waals surface area contributed by atoms with Crippen LogP contribution in [0.15, 0.2) is 28.1 Å². The van der Waals surface area contributed by atoms with Crippen molar-refractivity contribution in [3.05, 3.63) is 38.7 Å². The Morgan fingerprint density at radius 3 is 2.53 bits per heavy atom. The zero-order valence-corrected chi connectivity index (χ0v) is 11.8. The largest absolute Gasteiger partial charge is 0.244 e. The molecule has 0 fully saturated rings. The maximum absolute atomic E-state index is 6.02. The summed E-state index contributed by atoms with van der Waals surface area (Å²) in [6.45, 7) is 0. The van der Waals surface area contributed by atoms with Gasteiger partial charge in [-0.15, -0.1) is 10.2 Å². The zero-order valence-electron chi connectivity index (χ0n) is 7.99. The Bertz CT molecular complexity index is 514. The van der Waals surface area contributed by atoms with Crippen molar-refractivity contribution in [1.82, 2.24) is 15.2 Å². The van der Waals surface area contributed by atoms with E-state index in [-0.39, 0.29) is 10.4 Å². The van der Waals surface area contributed by atoms with Gasteiger partial charge in [0.05, 0.1) is 5.02 Å². The van der Waals surface area contributed by atoms with E-state index >= 15 is 0 Å². The van der Waals surface area contributed by atoms with Gasteiger partial charge in [0.25, 0.3) is 0 Å². The molecule has 2 aromatic rings. The fraction of sp³-hybridized carbons (Fsp3) is 0. The summed E-state index contributed by atoms with van der Waals surface area (Å²) in [4.78, 5) is 4.68. The molecular weight excluding hydrogens is 324 g/mol. The Morgan fingerprint density at radius 1 is 1.00 bits per heavy atom. The molecule has 0 saturated heterocycles. The summed E-state index contributed by atoms with van der Waals surface area (Å²) in [5.41, 5.74) is 0. The highest BCUT2D eigenvalue weighted by Crippen LogP contribution is 2.36. The Labute approximate surface area is 121 Å². The summed E-state index contributed by atoms with van der Waals surface area (Å²) >= 11 is 24.6. The summed E-state index contributed by atoms with van der Waals surface area (Å²) in [6, 6.07) is 5.10. The van der Waals surface area contributed by atoms with Gasteiger partial charge in [0.15, 0.2) is 5.15 Å². The number of hydrogen-bond donors (Lipinski definition) is 0. The van der Waals surface area contributed by atoms with E-state index in [1.165, 1.54) is 11.8 Å². The van der Waals surface area contributed by atoms with E-state index in [1.807, 2.05) is 0 Å². The highest BCUT2D eigenvalue weighted by molar-refractivity contribution is 7.99. The van der Waals surface area contributed by atoms with Crippen LogP contribution in [0.4, 0.5) is 0 Å². The van der Waals surface area contributed by atoms with E-state index in [4.69, 9.17) is 46.4 Å². The molecule has 3 nitrogen and oxygen atoms in total. The van der Waals surface area contributed by atoms with Crippen LogP contribution in [0.1, 0.15) is 0 Å². The smallest absolute Gasteiger partial charge is 0.206 e. The van der Waals surface area contributed by atoms with Crippen LogP contribution in [-0.4, -0.2) is 15.2 Å². The van der Waals surface area contributed by atoms with E-state index in [1.54, 1.807) is 18.2 Å². The van der Waals surface area contributed by atoms with Crippen LogP contribution in [0.25, 0.3) is 0 Å². The molecule has 1 aromatic carbocycles. The summed E-state index contributed by atoms with van der Waals surface area (Å²) in [5.74, 6) is 0. The fourth-order valence-corrected chi connectivity index (χ4v) is 2.66. The van der Waals surface area contributed by atoms with Crippen LogP contribution in [-0.2, 0) is 0 Å². The highest BCUT2D eigenvalue weighted by atomic mass is 35.5. The van der Waals surface area contributed by atoms with Crippen LogP contribution in [0.5, 0.6) is 0 Å². The first-order valence-corrected chi connectivity index (χ1v) is 6.57. The average Bonchev–Trinajstić information content (AvgIpc) is 2.28. The molecule has 0 spiro atoms. The quantitative estimate of drug-likeness (QED) is 0.806. The molecular formula is C9H3Cl4N3S. The van der Waals surface area contributed by atoms with Gasteiger partial charge in [0.1, 0.15) is 5.03 Å². The van der Waals surface area contributed by atoms with Crippen molar-refractivity contribution in [3.8, 4) is 0 Å². The predicted molar refractivity (Wildman–Crippen MR) is 70.4 cm³/mol. The minimum atomic E-state index is 0.0232. The van der Waals surface area contributed by atoms with Crippen LogP contribution in [0, 0.1) is 0 Å². The molecule has 0 N–H and O–H groups in total. The van der Waals surface area contributed by atoms with Crippen molar-refractivity contribution in [1.29, 1.82) is 0 Å². The molecule has 0 atom stereocenters. The summed E-state index contributed by atoms with van der Waals surface area (Å²) in [5, 5.41) is 8.90. The van der Waals surface area contributed by atoms with Gasteiger partial charge in [-0.2, -0.15) is 0 Å². The molecule has 17 heavy (non-hydrogen) atoms. The van der Waals surface area contributed by atoms with E-state index in [0.29, 0.717) is 15.1 Å². The van der Waals surface area contributed by atoms with Gasteiger partial charge in [-0.1, -0.05) is 46.6 Å². The van der Waals surface area contributed by atoms with Gasteiger partial charge in [0.2, 0.25) is 5.28 Å². The second kappa shape index (κ2) is 5.59. The molecule has 0 saturated carbocycles. The fourth-order valence-electron chi connectivity index (χ4n) is 1.00. The van der Waals surface area contributed by atoms with Crippen LogP contribution < -0.4 is 0 Å². The molecule has 0 unspecified atom stereocenters. The lowest BCUT2D eigenvalue weighted by molar-refractivity contribution is 0.905. The molecule has 0 bridgehead atoms. The third kappa shape index (κ3) is 3.36. The Hall–Kier alpha value is -0.260. The second-order valence-electron chi connectivity index (χ2n) is 2.85. The summed E-state index contributed by atoms with van der Waals surface area (Å²) in [7, 11) is 0. The van der Waals surface area contributed by atoms with Crippen molar-refractivity contribution < 1.29 is 0 Å². The Balaban J connectivity index is 2.37. The minimum absolute atomic E-state index is 0.0232. The minimum Gasteiger partial charge on any atom is -0.206 e. The average molecular weight is 327 g/mol. The molecule has 0 amide bonds. The van der Waals surface area contributed by atoms with Crippen molar-refractivity contribution in [2.24, 2.45) is 0 Å². The van der Waals surface area contributed by atoms with Crippen LogP contribution >= 0.6 is 58.2 Å². The number of benzene rings is 1. The molecule has 0 aliphatic carbocycles. The first kappa shape index (κ1) is 13.2. The van der Waals surface area contributed by atoms with Gasteiger partial charge in [0, 0.05) is 9.92 Å². The van der Waals surface area contributed by atoms with Gasteiger partial charge < -0.3 is 0 Å². The topological polar surface area (TPSA) is 38.7 Å². The number of halogens is 4. The summed E-state index contributed by atoms with van der Waals surface area (Å²) in [6.07, 6.45) is 0. The van der Waals surface area contributed by atoms with E-state index in [2.05, 4.69) is 15.2 Å². The van der Waals surface area contributed by atoms with Crippen molar-refractivity contribution in [2.45, 2.75) is 9.92 Å². The van der Waals surface area contributed by atoms with Gasteiger partial charge in [-0.05, 0) is 29.8 Å². The number of aromatic nitrogens is 3. The third-order valence-corrected chi connectivity index (χ3v) is 3.93. The van der Waals surface area contributed by atoms with E-state index in [0.717, 1.165) is 4.90 Å². The monoisotopic (exact) mass is 325 g/mol. The predicted octanol–water partition coefficient (Wildman–Crippen LogP) is 4.64. The molecule has 8 heteroatoms. The SMILES string of the molecule is Clc1ccc(Cl)c(Sc2nc(Cl)nnc2Cl)c1. The number of hydrogen-bond acceptors (Lipinski definition) is 4. The zero-order chi connectivity index (χ0) is 12.4. The lowest BCUT2D eigenvalue weighted by Crippen LogP contribution is -1.91. The molecule has 88 valence electrons. The van der Waals surface area contributed by atoms with Gasteiger partial charge >= 0.3 is 0 Å². The normalized spacial score (nSPS) is 10.6. The maximum atomic E-state index is 6.02.